The molecular formula is C30H24ClNO5. The van der Waals surface area contributed by atoms with E-state index in [2.05, 4.69) is 0 Å². The molecule has 2 amide bonds. The van der Waals surface area contributed by atoms with Crippen LogP contribution < -0.4 is 4.90 Å². The van der Waals surface area contributed by atoms with Gasteiger partial charge in [-0.15, -0.1) is 0 Å². The molecule has 1 aliphatic heterocycles. The number of nitrogens with zero attached hydrogens (tertiary/aromatic N) is 1. The molecule has 0 radical (unpaired) electrons. The minimum absolute atomic E-state index is 0.0613. The molecule has 4 atom stereocenters. The van der Waals surface area contributed by atoms with Gasteiger partial charge in [0.2, 0.25) is 11.8 Å². The molecule has 1 fully saturated rings. The number of rotatable bonds is 2. The van der Waals surface area contributed by atoms with Crippen molar-refractivity contribution in [2.75, 3.05) is 4.90 Å². The summed E-state index contributed by atoms with van der Waals surface area (Å²) in [7, 11) is 0. The van der Waals surface area contributed by atoms with Crippen LogP contribution in [0.1, 0.15) is 36.8 Å². The summed E-state index contributed by atoms with van der Waals surface area (Å²) in [5.41, 5.74) is 3.55. The highest BCUT2D eigenvalue weighted by Gasteiger charge is 2.56. The third-order valence-electron chi connectivity index (χ3n) is 8.23. The van der Waals surface area contributed by atoms with Gasteiger partial charge in [0, 0.05) is 33.2 Å². The highest BCUT2D eigenvalue weighted by Crippen LogP contribution is 2.56. The van der Waals surface area contributed by atoms with E-state index < -0.39 is 23.7 Å². The van der Waals surface area contributed by atoms with Crippen LogP contribution in [-0.2, 0) is 19.2 Å². The van der Waals surface area contributed by atoms with E-state index in [0.717, 1.165) is 5.57 Å². The average molecular weight is 514 g/mol. The van der Waals surface area contributed by atoms with Crippen LogP contribution in [0.2, 0.25) is 5.02 Å². The van der Waals surface area contributed by atoms with E-state index in [1.165, 1.54) is 11.0 Å². The number of allylic oxidation sites excluding steroid dienone is 6. The molecule has 2 aromatic carbocycles. The lowest BCUT2D eigenvalue weighted by molar-refractivity contribution is -0.123. The number of ketones is 2. The molecule has 2 aromatic rings. The molecule has 0 spiro atoms. The second-order valence-electron chi connectivity index (χ2n) is 10.2. The SMILES string of the molecule is CC1=CC(=O)C2=C(C[C@@H]3C(=CC[C@@H]4C(=O)N(c5ccc(Cl)cc5)C(=O)[C@@H]43)[C@@H]2c2cccc(C)c2O)C1=O. The Morgan fingerprint density at radius 2 is 1.68 bits per heavy atom. The van der Waals surface area contributed by atoms with Crippen molar-refractivity contribution in [3.05, 3.63) is 93.1 Å². The van der Waals surface area contributed by atoms with Crippen LogP contribution in [0.4, 0.5) is 5.69 Å². The van der Waals surface area contributed by atoms with Crippen molar-refractivity contribution >= 4 is 40.7 Å². The molecule has 7 heteroatoms. The van der Waals surface area contributed by atoms with Crippen molar-refractivity contribution in [2.24, 2.45) is 17.8 Å². The third-order valence-corrected chi connectivity index (χ3v) is 8.48. The number of amides is 2. The number of imide groups is 1. The summed E-state index contributed by atoms with van der Waals surface area (Å²) in [5.74, 6) is -3.34. The fourth-order valence-corrected chi connectivity index (χ4v) is 6.62. The van der Waals surface area contributed by atoms with Crippen LogP contribution in [0.3, 0.4) is 0 Å². The molecule has 1 saturated heterocycles. The first-order valence-corrected chi connectivity index (χ1v) is 12.7. The van der Waals surface area contributed by atoms with Crippen LogP contribution in [0.25, 0.3) is 0 Å². The number of hydrogen-bond donors (Lipinski definition) is 1. The number of para-hydroxylation sites is 1. The fraction of sp³-hybridized carbons (Fsp3) is 0.267. The van der Waals surface area contributed by atoms with Crippen LogP contribution in [0.15, 0.2) is 76.9 Å². The lowest BCUT2D eigenvalue weighted by Gasteiger charge is -2.42. The molecule has 1 heterocycles. The Hall–Kier alpha value is -3.77. The molecule has 0 unspecified atom stereocenters. The van der Waals surface area contributed by atoms with E-state index >= 15 is 0 Å². The summed E-state index contributed by atoms with van der Waals surface area (Å²) in [6, 6.07) is 11.9. The number of fused-ring (bicyclic) bond motifs is 3. The summed E-state index contributed by atoms with van der Waals surface area (Å²) in [5, 5.41) is 11.5. The average Bonchev–Trinajstić information content (AvgIpc) is 3.13. The maximum atomic E-state index is 13.8. The maximum Gasteiger partial charge on any atom is 0.238 e. The molecule has 4 aliphatic rings. The molecule has 0 bridgehead atoms. The first kappa shape index (κ1) is 23.6. The van der Waals surface area contributed by atoms with Gasteiger partial charge >= 0.3 is 0 Å². The molecule has 0 aromatic heterocycles. The van der Waals surface area contributed by atoms with Gasteiger partial charge in [0.25, 0.3) is 0 Å². The van der Waals surface area contributed by atoms with Crippen LogP contribution in [0.5, 0.6) is 5.75 Å². The first-order valence-electron chi connectivity index (χ1n) is 12.3. The lowest BCUT2D eigenvalue weighted by Crippen LogP contribution is -2.39. The number of hydrogen-bond acceptors (Lipinski definition) is 5. The number of carbonyl (C=O) groups excluding carboxylic acids is 4. The highest BCUT2D eigenvalue weighted by atomic mass is 35.5. The van der Waals surface area contributed by atoms with Crippen LogP contribution >= 0.6 is 11.6 Å². The van der Waals surface area contributed by atoms with Crippen LogP contribution in [-0.4, -0.2) is 28.5 Å². The van der Waals surface area contributed by atoms with Gasteiger partial charge in [0.05, 0.1) is 17.5 Å². The fourth-order valence-electron chi connectivity index (χ4n) is 6.50. The number of phenolic OH excluding ortho intramolecular Hbond substituents is 1. The molecule has 6 rings (SSSR count). The van der Waals surface area contributed by atoms with Gasteiger partial charge in [-0.2, -0.15) is 0 Å². The van der Waals surface area contributed by atoms with Crippen molar-refractivity contribution in [2.45, 2.75) is 32.6 Å². The molecule has 6 nitrogen and oxygen atoms in total. The lowest BCUT2D eigenvalue weighted by atomic mass is 9.59. The standard InChI is InChI=1S/C30H24ClNO5/c1-14-4-3-5-19(27(14)34)24-18-10-11-20-25(21(18)13-22-26(24)23(33)12-15(2)28(22)35)30(37)32(29(20)36)17-8-6-16(31)7-9-17/h3-10,12,20-21,24-25,34H,11,13H2,1-2H3/t20-,21+,24+,25-/m0/s1. The van der Waals surface area contributed by atoms with E-state index in [9.17, 15) is 24.3 Å². The Morgan fingerprint density at radius 3 is 2.41 bits per heavy atom. The monoisotopic (exact) mass is 513 g/mol. The molecule has 37 heavy (non-hydrogen) atoms. The Labute approximate surface area is 218 Å². The number of aryl methyl sites for hydroxylation is 1. The van der Waals surface area contributed by atoms with Crippen molar-refractivity contribution in [1.82, 2.24) is 0 Å². The number of halogens is 1. The van der Waals surface area contributed by atoms with Gasteiger partial charge in [0.15, 0.2) is 11.6 Å². The number of carbonyl (C=O) groups is 4. The zero-order valence-electron chi connectivity index (χ0n) is 20.3. The van der Waals surface area contributed by atoms with Crippen molar-refractivity contribution in [1.29, 1.82) is 0 Å². The van der Waals surface area contributed by atoms with Crippen molar-refractivity contribution < 1.29 is 24.3 Å². The normalized spacial score (nSPS) is 27.1. The van der Waals surface area contributed by atoms with Crippen LogP contribution in [0, 0.1) is 24.7 Å². The minimum atomic E-state index is -0.666. The second-order valence-corrected chi connectivity index (χ2v) is 10.7. The first-order chi connectivity index (χ1) is 17.7. The van der Waals surface area contributed by atoms with E-state index in [-0.39, 0.29) is 35.6 Å². The number of anilines is 1. The van der Waals surface area contributed by atoms with Gasteiger partial charge in [0.1, 0.15) is 5.75 Å². The zero-order valence-corrected chi connectivity index (χ0v) is 21.1. The smallest absolute Gasteiger partial charge is 0.238 e. The summed E-state index contributed by atoms with van der Waals surface area (Å²) >= 11 is 6.02. The largest absolute Gasteiger partial charge is 0.507 e. The highest BCUT2D eigenvalue weighted by molar-refractivity contribution is 6.31. The molecule has 186 valence electrons. The Kier molecular flexibility index (Phi) is 5.35. The summed E-state index contributed by atoms with van der Waals surface area (Å²) in [6.07, 6.45) is 3.85. The molecular weight excluding hydrogens is 490 g/mol. The predicted octanol–water partition coefficient (Wildman–Crippen LogP) is 4.99. The zero-order chi connectivity index (χ0) is 26.2. The van der Waals surface area contributed by atoms with Gasteiger partial charge in [-0.1, -0.05) is 41.4 Å². The Balaban J connectivity index is 1.50. The van der Waals surface area contributed by atoms with Gasteiger partial charge < -0.3 is 5.11 Å². The number of phenols is 1. The summed E-state index contributed by atoms with van der Waals surface area (Å²) < 4.78 is 0. The molecule has 3 aliphatic carbocycles. The number of aromatic hydroxyl groups is 1. The minimum Gasteiger partial charge on any atom is -0.507 e. The summed E-state index contributed by atoms with van der Waals surface area (Å²) in [4.78, 5) is 55.2. The van der Waals surface area contributed by atoms with E-state index in [1.807, 2.05) is 12.1 Å². The Morgan fingerprint density at radius 1 is 0.946 bits per heavy atom. The predicted molar refractivity (Wildman–Crippen MR) is 138 cm³/mol. The number of Topliss-reactive ketones (excluding diaryl/α,β-unsaturated/α-hetero) is 1. The molecule has 0 saturated carbocycles. The number of benzene rings is 2. The Bertz CT molecular complexity index is 1510. The second kappa shape index (κ2) is 8.38. The summed E-state index contributed by atoms with van der Waals surface area (Å²) in [6.45, 7) is 3.39. The van der Waals surface area contributed by atoms with Gasteiger partial charge in [-0.05, 0) is 68.5 Å². The van der Waals surface area contributed by atoms with E-state index in [0.29, 0.717) is 45.0 Å². The van der Waals surface area contributed by atoms with Gasteiger partial charge in [-0.25, -0.2) is 0 Å². The van der Waals surface area contributed by atoms with Gasteiger partial charge in [-0.3, -0.25) is 24.1 Å². The molecule has 1 N–H and O–H groups in total. The van der Waals surface area contributed by atoms with E-state index in [1.54, 1.807) is 50.2 Å². The van der Waals surface area contributed by atoms with Crippen molar-refractivity contribution in [3.8, 4) is 5.75 Å². The maximum absolute atomic E-state index is 13.8. The van der Waals surface area contributed by atoms with Crippen molar-refractivity contribution in [3.63, 3.8) is 0 Å². The quantitative estimate of drug-likeness (QED) is 0.347. The third kappa shape index (κ3) is 3.39. The van der Waals surface area contributed by atoms with E-state index in [4.69, 9.17) is 11.6 Å². The topological polar surface area (TPSA) is 91.8 Å².